The van der Waals surface area contributed by atoms with Gasteiger partial charge in [0.1, 0.15) is 0 Å². The van der Waals surface area contributed by atoms with Crippen molar-refractivity contribution in [3.05, 3.63) is 16.1 Å². The number of piperazine rings is 1. The van der Waals surface area contributed by atoms with Crippen molar-refractivity contribution in [3.63, 3.8) is 0 Å². The highest BCUT2D eigenvalue weighted by atomic mass is 32.1. The molecule has 1 N–H and O–H groups in total. The van der Waals surface area contributed by atoms with Gasteiger partial charge in [-0.2, -0.15) is 0 Å². The van der Waals surface area contributed by atoms with E-state index in [1.807, 2.05) is 0 Å². The maximum absolute atomic E-state index is 4.64. The zero-order valence-corrected chi connectivity index (χ0v) is 12.7. The Morgan fingerprint density at radius 3 is 2.95 bits per heavy atom. The van der Waals surface area contributed by atoms with Crippen LogP contribution in [0.4, 0.5) is 0 Å². The molecule has 19 heavy (non-hydrogen) atoms. The van der Waals surface area contributed by atoms with Gasteiger partial charge in [0.25, 0.3) is 0 Å². The Balaban J connectivity index is 1.66. The maximum Gasteiger partial charge on any atom is 0.0897 e. The van der Waals surface area contributed by atoms with Gasteiger partial charge in [0.15, 0.2) is 0 Å². The van der Waals surface area contributed by atoms with Gasteiger partial charge < -0.3 is 5.32 Å². The van der Waals surface area contributed by atoms with Crippen LogP contribution in [0.25, 0.3) is 0 Å². The summed E-state index contributed by atoms with van der Waals surface area (Å²) in [5.74, 6) is 0.904. The lowest BCUT2D eigenvalue weighted by Gasteiger charge is -2.42. The zero-order chi connectivity index (χ0) is 13.1. The maximum atomic E-state index is 4.64. The number of nitrogens with one attached hydrogen (secondary N) is 1. The molecule has 1 saturated carbocycles. The number of aromatic nitrogens is 1. The first-order valence-electron chi connectivity index (χ1n) is 7.69. The number of thiazole rings is 1. The molecule has 1 saturated heterocycles. The molecule has 3 rings (SSSR count). The molecule has 1 aliphatic heterocycles. The van der Waals surface area contributed by atoms with Crippen LogP contribution in [0.2, 0.25) is 0 Å². The SMILES string of the molecule is Cc1nc(CN2CCNCC2C2CCCCC2)cs1. The average molecular weight is 279 g/mol. The van der Waals surface area contributed by atoms with E-state index < -0.39 is 0 Å². The Bertz CT molecular complexity index is 398. The molecule has 1 atom stereocenters. The van der Waals surface area contributed by atoms with E-state index in [0.29, 0.717) is 0 Å². The van der Waals surface area contributed by atoms with Crippen molar-refractivity contribution in [2.75, 3.05) is 19.6 Å². The smallest absolute Gasteiger partial charge is 0.0897 e. The van der Waals surface area contributed by atoms with E-state index in [-0.39, 0.29) is 0 Å². The first-order chi connectivity index (χ1) is 9.33. The highest BCUT2D eigenvalue weighted by Gasteiger charge is 2.30. The second-order valence-electron chi connectivity index (χ2n) is 6.00. The lowest BCUT2D eigenvalue weighted by atomic mass is 9.82. The van der Waals surface area contributed by atoms with Gasteiger partial charge in [-0.3, -0.25) is 4.90 Å². The molecule has 2 fully saturated rings. The highest BCUT2D eigenvalue weighted by Crippen LogP contribution is 2.30. The van der Waals surface area contributed by atoms with Crippen molar-refractivity contribution >= 4 is 11.3 Å². The van der Waals surface area contributed by atoms with Crippen LogP contribution in [0, 0.1) is 12.8 Å². The first-order valence-corrected chi connectivity index (χ1v) is 8.56. The Hall–Kier alpha value is -0.450. The van der Waals surface area contributed by atoms with Crippen LogP contribution in [0.3, 0.4) is 0 Å². The van der Waals surface area contributed by atoms with Gasteiger partial charge in [-0.25, -0.2) is 4.98 Å². The molecule has 0 radical (unpaired) electrons. The van der Waals surface area contributed by atoms with Crippen LogP contribution in [0.1, 0.15) is 42.8 Å². The highest BCUT2D eigenvalue weighted by molar-refractivity contribution is 7.09. The molecule has 1 aliphatic carbocycles. The van der Waals surface area contributed by atoms with E-state index in [1.165, 1.54) is 55.9 Å². The van der Waals surface area contributed by atoms with Crippen LogP contribution in [-0.2, 0) is 6.54 Å². The topological polar surface area (TPSA) is 28.2 Å². The molecule has 1 unspecified atom stereocenters. The summed E-state index contributed by atoms with van der Waals surface area (Å²) in [7, 11) is 0. The number of hydrogen-bond acceptors (Lipinski definition) is 4. The number of nitrogens with zero attached hydrogens (tertiary/aromatic N) is 2. The van der Waals surface area contributed by atoms with Gasteiger partial charge in [-0.15, -0.1) is 11.3 Å². The summed E-state index contributed by atoms with van der Waals surface area (Å²) in [6.07, 6.45) is 7.18. The number of aryl methyl sites for hydroxylation is 1. The average Bonchev–Trinajstić information content (AvgIpc) is 2.86. The quantitative estimate of drug-likeness (QED) is 0.922. The summed E-state index contributed by atoms with van der Waals surface area (Å²) >= 11 is 1.78. The Morgan fingerprint density at radius 2 is 2.21 bits per heavy atom. The van der Waals surface area contributed by atoms with E-state index in [1.54, 1.807) is 11.3 Å². The van der Waals surface area contributed by atoms with Crippen LogP contribution < -0.4 is 5.32 Å². The molecular formula is C15H25N3S. The molecule has 0 spiro atoms. The Kier molecular flexibility index (Phi) is 4.51. The molecule has 2 aliphatic rings. The molecule has 0 bridgehead atoms. The van der Waals surface area contributed by atoms with Crippen molar-refractivity contribution in [2.24, 2.45) is 5.92 Å². The summed E-state index contributed by atoms with van der Waals surface area (Å²) in [5.41, 5.74) is 1.27. The Morgan fingerprint density at radius 1 is 1.37 bits per heavy atom. The van der Waals surface area contributed by atoms with Crippen molar-refractivity contribution < 1.29 is 0 Å². The summed E-state index contributed by atoms with van der Waals surface area (Å²) in [5, 5.41) is 7.02. The molecule has 106 valence electrons. The largest absolute Gasteiger partial charge is 0.314 e. The van der Waals surface area contributed by atoms with E-state index in [9.17, 15) is 0 Å². The monoisotopic (exact) mass is 279 g/mol. The van der Waals surface area contributed by atoms with Gasteiger partial charge in [-0.05, 0) is 25.7 Å². The minimum Gasteiger partial charge on any atom is -0.314 e. The van der Waals surface area contributed by atoms with Crippen molar-refractivity contribution in [3.8, 4) is 0 Å². The molecule has 0 amide bonds. The second kappa shape index (κ2) is 6.33. The molecule has 3 nitrogen and oxygen atoms in total. The van der Waals surface area contributed by atoms with Crippen molar-refractivity contribution in [1.82, 2.24) is 15.2 Å². The van der Waals surface area contributed by atoms with Gasteiger partial charge in [0.2, 0.25) is 0 Å². The molecule has 1 aromatic rings. The molecule has 2 heterocycles. The van der Waals surface area contributed by atoms with Crippen LogP contribution >= 0.6 is 11.3 Å². The fraction of sp³-hybridized carbons (Fsp3) is 0.800. The van der Waals surface area contributed by atoms with Gasteiger partial charge in [-0.1, -0.05) is 19.3 Å². The summed E-state index contributed by atoms with van der Waals surface area (Å²) in [4.78, 5) is 7.32. The van der Waals surface area contributed by atoms with Crippen LogP contribution in [0.5, 0.6) is 0 Å². The third-order valence-electron chi connectivity index (χ3n) is 4.62. The van der Waals surface area contributed by atoms with E-state index in [2.05, 4.69) is 27.5 Å². The van der Waals surface area contributed by atoms with Crippen molar-refractivity contribution in [2.45, 2.75) is 51.6 Å². The van der Waals surface area contributed by atoms with E-state index in [4.69, 9.17) is 0 Å². The molecule has 1 aromatic heterocycles. The molecular weight excluding hydrogens is 254 g/mol. The van der Waals surface area contributed by atoms with Crippen molar-refractivity contribution in [1.29, 1.82) is 0 Å². The predicted molar refractivity (Wildman–Crippen MR) is 80.5 cm³/mol. The predicted octanol–water partition coefficient (Wildman–Crippen LogP) is 2.81. The standard InChI is InChI=1S/C15H25N3S/c1-12-17-14(11-19-12)10-18-8-7-16-9-15(18)13-5-3-2-4-6-13/h11,13,15-16H,2-10H2,1H3. The first kappa shape index (κ1) is 13.5. The third-order valence-corrected chi connectivity index (χ3v) is 5.45. The van der Waals surface area contributed by atoms with Gasteiger partial charge in [0.05, 0.1) is 10.7 Å². The Labute approximate surface area is 120 Å². The minimum atomic E-state index is 0.732. The molecule has 0 aromatic carbocycles. The lowest BCUT2D eigenvalue weighted by molar-refractivity contribution is 0.0850. The number of hydrogen-bond donors (Lipinski definition) is 1. The zero-order valence-electron chi connectivity index (χ0n) is 11.9. The van der Waals surface area contributed by atoms with Gasteiger partial charge >= 0.3 is 0 Å². The van der Waals surface area contributed by atoms with E-state index >= 15 is 0 Å². The number of rotatable bonds is 3. The third kappa shape index (κ3) is 3.36. The van der Waals surface area contributed by atoms with Crippen LogP contribution in [0.15, 0.2) is 5.38 Å². The summed E-state index contributed by atoms with van der Waals surface area (Å²) < 4.78 is 0. The lowest BCUT2D eigenvalue weighted by Crippen LogP contribution is -2.54. The fourth-order valence-electron chi connectivity index (χ4n) is 3.64. The second-order valence-corrected chi connectivity index (χ2v) is 7.06. The fourth-order valence-corrected chi connectivity index (χ4v) is 4.24. The summed E-state index contributed by atoms with van der Waals surface area (Å²) in [6, 6.07) is 0.732. The summed E-state index contributed by atoms with van der Waals surface area (Å²) in [6.45, 7) is 6.63. The normalized spacial score (nSPS) is 26.7. The van der Waals surface area contributed by atoms with Gasteiger partial charge in [0, 0.05) is 37.6 Å². The van der Waals surface area contributed by atoms with E-state index in [0.717, 1.165) is 25.0 Å². The minimum absolute atomic E-state index is 0.732. The van der Waals surface area contributed by atoms with Crippen LogP contribution in [-0.4, -0.2) is 35.6 Å². The molecule has 4 heteroatoms.